The van der Waals surface area contributed by atoms with E-state index in [4.69, 9.17) is 19.5 Å². The summed E-state index contributed by atoms with van der Waals surface area (Å²) in [4.78, 5) is 31.5. The number of aromatic amines is 1. The van der Waals surface area contributed by atoms with Crippen LogP contribution in [0.25, 0.3) is 22.8 Å². The molecule has 0 amide bonds. The van der Waals surface area contributed by atoms with Gasteiger partial charge in [0, 0.05) is 19.1 Å². The third-order valence-electron chi connectivity index (χ3n) is 9.09. The average molecular weight is 557 g/mol. The van der Waals surface area contributed by atoms with E-state index >= 15 is 0 Å². The van der Waals surface area contributed by atoms with E-state index in [0.717, 1.165) is 49.1 Å². The van der Waals surface area contributed by atoms with Gasteiger partial charge >= 0.3 is 5.76 Å². The van der Waals surface area contributed by atoms with Crippen molar-refractivity contribution < 1.29 is 9.08 Å². The van der Waals surface area contributed by atoms with Crippen molar-refractivity contribution in [2.45, 2.75) is 90.3 Å². The number of aromatic nitrogens is 6. The van der Waals surface area contributed by atoms with Gasteiger partial charge in [-0.15, -0.1) is 0 Å². The molecular formula is C27H40N8O3S. The topological polar surface area (TPSA) is 141 Å². The van der Waals surface area contributed by atoms with Crippen molar-refractivity contribution in [2.75, 3.05) is 28.8 Å². The molecule has 12 heteroatoms. The van der Waals surface area contributed by atoms with Crippen LogP contribution in [0.1, 0.15) is 71.6 Å². The van der Waals surface area contributed by atoms with Gasteiger partial charge in [0.2, 0.25) is 17.6 Å². The van der Waals surface area contributed by atoms with Gasteiger partial charge in [-0.2, -0.15) is 4.98 Å². The Morgan fingerprint density at radius 3 is 2.59 bits per heavy atom. The summed E-state index contributed by atoms with van der Waals surface area (Å²) in [5.41, 5.74) is 1.47. The molecule has 2 unspecified atom stereocenters. The first-order valence-corrected chi connectivity index (χ1v) is 16.3. The molecule has 3 atom stereocenters. The summed E-state index contributed by atoms with van der Waals surface area (Å²) < 4.78 is 19.3. The van der Waals surface area contributed by atoms with Crippen molar-refractivity contribution in [3.05, 3.63) is 10.6 Å². The Hall–Kier alpha value is -2.60. The predicted octanol–water partition coefficient (Wildman–Crippen LogP) is 3.94. The molecule has 2 N–H and O–H groups in total. The Labute approximate surface area is 231 Å². The smallest absolute Gasteiger partial charge is 0.439 e. The lowest BCUT2D eigenvalue weighted by molar-refractivity contribution is 0.266. The SMILES string of the molecule is CC1CCC(Cn2c(N3CCCC3C[S+](C)[O-])nc3nc(-c4noc(=O)[nH]4)nc(N[C@H](C)C4CCC4)c32)CC1. The van der Waals surface area contributed by atoms with Crippen LogP contribution in [0.5, 0.6) is 0 Å². The number of fused-ring (bicyclic) bond motifs is 1. The van der Waals surface area contributed by atoms with Gasteiger partial charge < -0.3 is 19.3 Å². The van der Waals surface area contributed by atoms with E-state index in [2.05, 4.69) is 38.8 Å². The Morgan fingerprint density at radius 1 is 1.13 bits per heavy atom. The zero-order valence-electron chi connectivity index (χ0n) is 23.2. The van der Waals surface area contributed by atoms with Crippen molar-refractivity contribution in [2.24, 2.45) is 17.8 Å². The highest BCUT2D eigenvalue weighted by molar-refractivity contribution is 7.90. The Bertz CT molecular complexity index is 1340. The number of nitrogens with one attached hydrogen (secondary N) is 2. The fourth-order valence-electron chi connectivity index (χ4n) is 6.54. The maximum absolute atomic E-state index is 12.2. The monoisotopic (exact) mass is 556 g/mol. The Kier molecular flexibility index (Phi) is 7.58. The minimum Gasteiger partial charge on any atom is -0.616 e. The molecule has 3 aromatic rings. The molecule has 212 valence electrons. The van der Waals surface area contributed by atoms with Crippen molar-refractivity contribution in [3.8, 4) is 11.6 Å². The summed E-state index contributed by atoms with van der Waals surface area (Å²) >= 11 is -0.894. The summed E-state index contributed by atoms with van der Waals surface area (Å²) in [7, 11) is 0. The van der Waals surface area contributed by atoms with Crippen molar-refractivity contribution in [1.29, 1.82) is 0 Å². The molecule has 3 fully saturated rings. The van der Waals surface area contributed by atoms with Crippen LogP contribution < -0.4 is 16.0 Å². The first-order valence-electron chi connectivity index (χ1n) is 14.5. The highest BCUT2D eigenvalue weighted by Crippen LogP contribution is 2.37. The largest absolute Gasteiger partial charge is 0.616 e. The second-order valence-corrected chi connectivity index (χ2v) is 13.5. The van der Waals surface area contributed by atoms with Gasteiger partial charge in [-0.05, 0) is 63.2 Å². The number of imidazole rings is 1. The van der Waals surface area contributed by atoms with Crippen LogP contribution >= 0.6 is 0 Å². The molecule has 4 heterocycles. The van der Waals surface area contributed by atoms with Crippen molar-refractivity contribution >= 4 is 34.1 Å². The van der Waals surface area contributed by atoms with Crippen LogP contribution in [0.4, 0.5) is 11.8 Å². The van der Waals surface area contributed by atoms with Crippen LogP contribution in [0, 0.1) is 17.8 Å². The zero-order valence-corrected chi connectivity index (χ0v) is 24.0. The van der Waals surface area contributed by atoms with E-state index in [1.165, 1.54) is 44.9 Å². The van der Waals surface area contributed by atoms with Gasteiger partial charge in [-0.1, -0.05) is 42.5 Å². The summed E-state index contributed by atoms with van der Waals surface area (Å²) in [5, 5.41) is 7.56. The molecule has 39 heavy (non-hydrogen) atoms. The van der Waals surface area contributed by atoms with E-state index in [-0.39, 0.29) is 23.7 Å². The lowest BCUT2D eigenvalue weighted by Crippen LogP contribution is -2.37. The van der Waals surface area contributed by atoms with Gasteiger partial charge in [0.25, 0.3) is 0 Å². The zero-order chi connectivity index (χ0) is 27.1. The summed E-state index contributed by atoms with van der Waals surface area (Å²) in [6.45, 7) is 6.30. The van der Waals surface area contributed by atoms with Crippen LogP contribution in [0.15, 0.2) is 9.32 Å². The third-order valence-corrected chi connectivity index (χ3v) is 9.95. The van der Waals surface area contributed by atoms with Gasteiger partial charge in [-0.3, -0.25) is 9.51 Å². The molecule has 3 aliphatic rings. The van der Waals surface area contributed by atoms with E-state index in [0.29, 0.717) is 23.2 Å². The normalized spacial score (nSPS) is 25.6. The third kappa shape index (κ3) is 5.54. The van der Waals surface area contributed by atoms with Crippen LogP contribution in [0.3, 0.4) is 0 Å². The molecule has 2 saturated carbocycles. The first kappa shape index (κ1) is 26.6. The van der Waals surface area contributed by atoms with Crippen LogP contribution in [-0.4, -0.2) is 64.8 Å². The minimum atomic E-state index is -0.894. The number of nitrogens with zero attached hydrogens (tertiary/aromatic N) is 6. The van der Waals surface area contributed by atoms with E-state index in [1.807, 2.05) is 0 Å². The Balaban J connectivity index is 1.47. The first-order chi connectivity index (χ1) is 18.9. The molecule has 0 radical (unpaired) electrons. The van der Waals surface area contributed by atoms with Crippen LogP contribution in [0.2, 0.25) is 0 Å². The fourth-order valence-corrected chi connectivity index (χ4v) is 7.42. The lowest BCUT2D eigenvalue weighted by Gasteiger charge is -2.33. The summed E-state index contributed by atoms with van der Waals surface area (Å²) in [5.74, 6) is 4.00. The predicted molar refractivity (Wildman–Crippen MR) is 152 cm³/mol. The van der Waals surface area contributed by atoms with Gasteiger partial charge in [0.15, 0.2) is 11.5 Å². The molecule has 1 aliphatic heterocycles. The van der Waals surface area contributed by atoms with Gasteiger partial charge in [0.05, 0.1) is 12.3 Å². The quantitative estimate of drug-likeness (QED) is 0.375. The highest BCUT2D eigenvalue weighted by Gasteiger charge is 2.34. The number of rotatable bonds is 9. The molecule has 2 aliphatic carbocycles. The van der Waals surface area contributed by atoms with E-state index in [9.17, 15) is 9.35 Å². The maximum atomic E-state index is 12.2. The van der Waals surface area contributed by atoms with E-state index < -0.39 is 16.9 Å². The number of hydrogen-bond donors (Lipinski definition) is 2. The Morgan fingerprint density at radius 2 is 1.92 bits per heavy atom. The highest BCUT2D eigenvalue weighted by atomic mass is 32.2. The molecule has 0 aromatic carbocycles. The van der Waals surface area contributed by atoms with Gasteiger partial charge in [0.1, 0.15) is 11.3 Å². The molecule has 0 bridgehead atoms. The molecular weight excluding hydrogens is 516 g/mol. The average Bonchev–Trinajstić information content (AvgIpc) is 3.58. The molecule has 11 nitrogen and oxygen atoms in total. The fraction of sp³-hybridized carbons (Fsp3) is 0.741. The van der Waals surface area contributed by atoms with Crippen molar-refractivity contribution in [1.82, 2.24) is 29.7 Å². The number of hydrogen-bond acceptors (Lipinski definition) is 9. The van der Waals surface area contributed by atoms with Gasteiger partial charge in [-0.25, -0.2) is 14.8 Å². The molecule has 6 rings (SSSR count). The number of anilines is 2. The van der Waals surface area contributed by atoms with E-state index in [1.54, 1.807) is 6.26 Å². The van der Waals surface area contributed by atoms with Crippen LogP contribution in [-0.2, 0) is 17.7 Å². The second-order valence-electron chi connectivity index (χ2n) is 12.0. The minimum absolute atomic E-state index is 0.183. The summed E-state index contributed by atoms with van der Waals surface area (Å²) in [6.07, 6.45) is 12.4. The molecule has 0 spiro atoms. The molecule has 1 saturated heterocycles. The standard InChI is InChI=1S/C27H40N8O3S/c1-16-9-11-18(12-10-16)14-35-21-22(28-17(2)19-6-4-7-19)29-24(25-32-27(36)38-33-25)30-23(21)31-26(35)34-13-5-8-20(34)15-39(3)37/h16-20H,4-15H2,1-3H3,(H,28,29,30)(H,32,33,36)/t16?,17-,18?,20?,39?/m1/s1. The molecule has 3 aromatic heterocycles. The lowest BCUT2D eigenvalue weighted by atomic mass is 9.80. The summed E-state index contributed by atoms with van der Waals surface area (Å²) in [6, 6.07) is 0.424. The number of H-pyrrole nitrogens is 1. The second kappa shape index (κ2) is 11.1. The van der Waals surface area contributed by atoms with Crippen molar-refractivity contribution in [3.63, 3.8) is 0 Å². The maximum Gasteiger partial charge on any atom is 0.439 e.